The van der Waals surface area contributed by atoms with Crippen molar-refractivity contribution in [3.05, 3.63) is 66.0 Å². The number of aromatic nitrogens is 3. The number of rotatable bonds is 9. The molecule has 180 valence electrons. The number of esters is 1. The number of benzene rings is 2. The quantitative estimate of drug-likeness (QED) is 0.383. The molecule has 0 aliphatic heterocycles. The van der Waals surface area contributed by atoms with E-state index in [-0.39, 0.29) is 17.7 Å². The Hall–Kier alpha value is -3.71. The molecular weight excluding hydrogens is 470 g/mol. The van der Waals surface area contributed by atoms with Crippen LogP contribution in [0.5, 0.6) is 0 Å². The molecule has 3 aromatic rings. The fraction of sp³-hybridized carbons (Fsp3) is 0.238. The lowest BCUT2D eigenvalue weighted by Gasteiger charge is -2.21. The van der Waals surface area contributed by atoms with Gasteiger partial charge in [0.25, 0.3) is 0 Å². The van der Waals surface area contributed by atoms with E-state index in [4.69, 9.17) is 10.5 Å². The van der Waals surface area contributed by atoms with Gasteiger partial charge < -0.3 is 15.8 Å². The van der Waals surface area contributed by atoms with Crippen molar-refractivity contribution in [3.63, 3.8) is 0 Å². The van der Waals surface area contributed by atoms with Crippen LogP contribution in [0.15, 0.2) is 53.4 Å². The van der Waals surface area contributed by atoms with Crippen molar-refractivity contribution >= 4 is 33.6 Å². The van der Waals surface area contributed by atoms with Crippen LogP contribution in [0.2, 0.25) is 0 Å². The highest BCUT2D eigenvalue weighted by Crippen LogP contribution is 2.17. The van der Waals surface area contributed by atoms with E-state index < -0.39 is 51.1 Å². The van der Waals surface area contributed by atoms with Gasteiger partial charge in [0.2, 0.25) is 21.9 Å². The molecule has 4 N–H and O–H groups in total. The van der Waals surface area contributed by atoms with E-state index in [2.05, 4.69) is 25.0 Å². The van der Waals surface area contributed by atoms with E-state index in [0.717, 1.165) is 12.1 Å². The summed E-state index contributed by atoms with van der Waals surface area (Å²) in [5.41, 5.74) is 6.17. The first kappa shape index (κ1) is 24.9. The van der Waals surface area contributed by atoms with Crippen molar-refractivity contribution in [3.8, 4) is 0 Å². The average molecular weight is 493 g/mol. The minimum absolute atomic E-state index is 0.00933. The molecular formula is C21H22F2N6O4S. The molecule has 1 aromatic heterocycles. The number of hydrogen-bond acceptors (Lipinski definition) is 9. The van der Waals surface area contributed by atoms with Crippen LogP contribution in [0.25, 0.3) is 0 Å². The number of nitrogen functional groups attached to an aromatic ring is 1. The van der Waals surface area contributed by atoms with Gasteiger partial charge in [-0.3, -0.25) is 4.79 Å². The smallest absolute Gasteiger partial charge is 0.324 e. The van der Waals surface area contributed by atoms with Gasteiger partial charge in [0.15, 0.2) is 12.4 Å². The van der Waals surface area contributed by atoms with Gasteiger partial charge in [0.05, 0.1) is 0 Å². The summed E-state index contributed by atoms with van der Waals surface area (Å²) < 4.78 is 59.6. The summed E-state index contributed by atoms with van der Waals surface area (Å²) in [4.78, 5) is 24.0. The zero-order valence-electron chi connectivity index (χ0n) is 18.2. The van der Waals surface area contributed by atoms with Crippen molar-refractivity contribution in [2.75, 3.05) is 11.1 Å². The molecule has 0 spiro atoms. The fourth-order valence-corrected chi connectivity index (χ4v) is 4.21. The number of anilines is 3. The molecule has 0 bridgehead atoms. The Kier molecular flexibility index (Phi) is 7.68. The second kappa shape index (κ2) is 10.5. The predicted octanol–water partition coefficient (Wildman–Crippen LogP) is 2.52. The molecule has 1 atom stereocenters. The maximum Gasteiger partial charge on any atom is 0.324 e. The molecule has 10 nitrogen and oxygen atoms in total. The molecule has 0 aliphatic rings. The van der Waals surface area contributed by atoms with E-state index in [0.29, 0.717) is 5.69 Å². The topological polar surface area (TPSA) is 149 Å². The Morgan fingerprint density at radius 3 is 2.38 bits per heavy atom. The first-order chi connectivity index (χ1) is 16.0. The standard InChI is InChI=1S/C21H22F2N6O4S/c1-12(2)18(29-34(31,32)16-6-4-3-5-15(16)23)19(30)33-11-17-26-20(24)28-21(27-17)25-14-9-7-13(22)8-10-14/h3-10,12,18,29H,11H2,1-2H3,(H3,24,25,26,27,28)/t18-/m0/s1. The number of nitrogens with one attached hydrogen (secondary N) is 2. The van der Waals surface area contributed by atoms with E-state index in [9.17, 15) is 22.0 Å². The average Bonchev–Trinajstić information content (AvgIpc) is 2.77. The van der Waals surface area contributed by atoms with Crippen molar-refractivity contribution < 1.29 is 26.7 Å². The first-order valence-electron chi connectivity index (χ1n) is 10.0. The molecule has 0 aliphatic carbocycles. The second-order valence-electron chi connectivity index (χ2n) is 7.45. The number of hydrogen-bond donors (Lipinski definition) is 3. The molecule has 0 saturated carbocycles. The summed E-state index contributed by atoms with van der Waals surface area (Å²) in [5.74, 6) is -2.94. The molecule has 0 fully saturated rings. The molecule has 2 aromatic carbocycles. The normalized spacial score (nSPS) is 12.4. The zero-order chi connectivity index (χ0) is 24.9. The lowest BCUT2D eigenvalue weighted by atomic mass is 10.1. The summed E-state index contributed by atoms with van der Waals surface area (Å²) in [6.45, 7) is 2.76. The van der Waals surface area contributed by atoms with Crippen LogP contribution < -0.4 is 15.8 Å². The third-order valence-corrected chi connectivity index (χ3v) is 5.95. The Labute approximate surface area is 194 Å². The lowest BCUT2D eigenvalue weighted by molar-refractivity contribution is -0.148. The number of nitrogens with two attached hydrogens (primary N) is 1. The van der Waals surface area contributed by atoms with Gasteiger partial charge in [0.1, 0.15) is 22.6 Å². The number of halogens is 2. The van der Waals surface area contributed by atoms with Crippen molar-refractivity contribution in [1.29, 1.82) is 0 Å². The number of sulfonamides is 1. The predicted molar refractivity (Wildman–Crippen MR) is 119 cm³/mol. The minimum Gasteiger partial charge on any atom is -0.456 e. The number of carbonyl (C=O) groups is 1. The van der Waals surface area contributed by atoms with Crippen LogP contribution in [0.1, 0.15) is 19.7 Å². The molecule has 1 heterocycles. The second-order valence-corrected chi connectivity index (χ2v) is 9.13. The lowest BCUT2D eigenvalue weighted by Crippen LogP contribution is -2.45. The van der Waals surface area contributed by atoms with Gasteiger partial charge in [-0.2, -0.15) is 19.7 Å². The van der Waals surface area contributed by atoms with Gasteiger partial charge in [0, 0.05) is 5.69 Å². The van der Waals surface area contributed by atoms with Crippen LogP contribution in [0.3, 0.4) is 0 Å². The summed E-state index contributed by atoms with van der Waals surface area (Å²) in [6.07, 6.45) is 0. The number of nitrogens with zero attached hydrogens (tertiary/aromatic N) is 3. The highest BCUT2D eigenvalue weighted by Gasteiger charge is 2.31. The Bertz CT molecular complexity index is 1270. The largest absolute Gasteiger partial charge is 0.456 e. The van der Waals surface area contributed by atoms with E-state index in [1.807, 2.05) is 0 Å². The zero-order valence-corrected chi connectivity index (χ0v) is 19.0. The van der Waals surface area contributed by atoms with E-state index in [1.165, 1.54) is 36.4 Å². The van der Waals surface area contributed by atoms with Gasteiger partial charge in [-0.1, -0.05) is 26.0 Å². The highest BCUT2D eigenvalue weighted by atomic mass is 32.2. The van der Waals surface area contributed by atoms with Crippen LogP contribution in [-0.2, 0) is 26.2 Å². The molecule has 3 rings (SSSR count). The Morgan fingerprint density at radius 2 is 1.74 bits per heavy atom. The van der Waals surface area contributed by atoms with Crippen LogP contribution >= 0.6 is 0 Å². The van der Waals surface area contributed by atoms with E-state index in [1.54, 1.807) is 13.8 Å². The third kappa shape index (κ3) is 6.42. The minimum atomic E-state index is -4.34. The summed E-state index contributed by atoms with van der Waals surface area (Å²) in [5, 5.41) is 2.82. The van der Waals surface area contributed by atoms with Gasteiger partial charge in [-0.15, -0.1) is 0 Å². The highest BCUT2D eigenvalue weighted by molar-refractivity contribution is 7.89. The summed E-state index contributed by atoms with van der Waals surface area (Å²) in [7, 11) is -4.34. The maximum absolute atomic E-state index is 14.0. The third-order valence-electron chi connectivity index (χ3n) is 4.47. The van der Waals surface area contributed by atoms with Crippen molar-refractivity contribution in [2.24, 2.45) is 5.92 Å². The molecule has 34 heavy (non-hydrogen) atoms. The van der Waals surface area contributed by atoms with Crippen LogP contribution in [0.4, 0.5) is 26.4 Å². The monoisotopic (exact) mass is 492 g/mol. The molecule has 13 heteroatoms. The van der Waals surface area contributed by atoms with Crippen LogP contribution in [0, 0.1) is 17.6 Å². The number of ether oxygens (including phenoxy) is 1. The first-order valence-corrected chi connectivity index (χ1v) is 11.5. The van der Waals surface area contributed by atoms with Crippen molar-refractivity contribution in [2.45, 2.75) is 31.4 Å². The van der Waals surface area contributed by atoms with Gasteiger partial charge in [-0.25, -0.2) is 17.2 Å². The van der Waals surface area contributed by atoms with Crippen LogP contribution in [-0.4, -0.2) is 35.4 Å². The SMILES string of the molecule is CC(C)[C@H](NS(=O)(=O)c1ccccc1F)C(=O)OCc1nc(N)nc(Nc2ccc(F)cc2)n1. The van der Waals surface area contributed by atoms with E-state index >= 15 is 0 Å². The maximum atomic E-state index is 14.0. The molecule has 0 saturated heterocycles. The number of carbonyl (C=O) groups excluding carboxylic acids is 1. The molecule has 0 amide bonds. The molecule has 0 radical (unpaired) electrons. The molecule has 0 unspecified atom stereocenters. The Morgan fingerprint density at radius 1 is 1.06 bits per heavy atom. The fourth-order valence-electron chi connectivity index (χ4n) is 2.80. The summed E-state index contributed by atoms with van der Waals surface area (Å²) >= 11 is 0. The van der Waals surface area contributed by atoms with Gasteiger partial charge in [-0.05, 0) is 42.3 Å². The van der Waals surface area contributed by atoms with Crippen molar-refractivity contribution in [1.82, 2.24) is 19.7 Å². The van der Waals surface area contributed by atoms with Gasteiger partial charge >= 0.3 is 5.97 Å². The summed E-state index contributed by atoms with van der Waals surface area (Å²) in [6, 6.07) is 8.90. The Balaban J connectivity index is 1.71.